The third-order valence-electron chi connectivity index (χ3n) is 2.89. The molecule has 0 unspecified atom stereocenters. The molecule has 6 nitrogen and oxygen atoms in total. The highest BCUT2D eigenvalue weighted by atomic mass is 16.4. The highest BCUT2D eigenvalue weighted by molar-refractivity contribution is 5.07. The van der Waals surface area contributed by atoms with E-state index in [0.717, 1.165) is 12.8 Å². The number of unbranched alkanes of at least 4 members (excludes halogenated alkanes) is 2. The monoisotopic (exact) mass is 290 g/mol. The van der Waals surface area contributed by atoms with Gasteiger partial charge in [0, 0.05) is 0 Å². The van der Waals surface area contributed by atoms with Gasteiger partial charge in [-0.15, -0.1) is 0 Å². The van der Waals surface area contributed by atoms with Crippen LogP contribution in [0.5, 0.6) is 0 Å². The number of allylic oxidation sites excluding steroid dienone is 2. The minimum absolute atomic E-state index is 0.470. The topological polar surface area (TPSA) is 121 Å². The standard InChI is InChI=1S/C14H26O6/c1-3-5-7-9(15)11(17)13(19)14(20)12(18)10(16)8-6-4-2/h7-8,11-20H,3-6H2,1-2H3/t11-,12+,13-,14-/m1/s1. The van der Waals surface area contributed by atoms with Gasteiger partial charge in [-0.25, -0.2) is 0 Å². The molecule has 0 heterocycles. The second-order valence-electron chi connectivity index (χ2n) is 4.71. The van der Waals surface area contributed by atoms with Gasteiger partial charge in [-0.2, -0.15) is 0 Å². The molecule has 6 N–H and O–H groups in total. The van der Waals surface area contributed by atoms with Crippen molar-refractivity contribution < 1.29 is 30.6 Å². The molecule has 0 fully saturated rings. The largest absolute Gasteiger partial charge is 0.510 e. The summed E-state index contributed by atoms with van der Waals surface area (Å²) in [6.45, 7) is 3.75. The molecule has 20 heavy (non-hydrogen) atoms. The second kappa shape index (κ2) is 9.77. The summed E-state index contributed by atoms with van der Waals surface area (Å²) in [6, 6.07) is 0. The van der Waals surface area contributed by atoms with Crippen molar-refractivity contribution in [2.45, 2.75) is 63.9 Å². The highest BCUT2D eigenvalue weighted by Crippen LogP contribution is 2.15. The smallest absolute Gasteiger partial charge is 0.139 e. The fraction of sp³-hybridized carbons (Fsp3) is 0.714. The number of aliphatic hydroxyl groups excluding tert-OH is 6. The number of rotatable bonds is 9. The van der Waals surface area contributed by atoms with E-state index in [-0.39, 0.29) is 0 Å². The Balaban J connectivity index is 4.70. The van der Waals surface area contributed by atoms with E-state index < -0.39 is 35.9 Å². The van der Waals surface area contributed by atoms with E-state index in [1.165, 1.54) is 12.2 Å². The lowest BCUT2D eigenvalue weighted by Crippen LogP contribution is -2.45. The fourth-order valence-corrected chi connectivity index (χ4v) is 1.55. The van der Waals surface area contributed by atoms with Crippen LogP contribution in [0, 0.1) is 0 Å². The van der Waals surface area contributed by atoms with E-state index in [2.05, 4.69) is 0 Å². The summed E-state index contributed by atoms with van der Waals surface area (Å²) in [6.07, 6.45) is -1.87. The average Bonchev–Trinajstić information content (AvgIpc) is 2.46. The van der Waals surface area contributed by atoms with Crippen molar-refractivity contribution in [3.63, 3.8) is 0 Å². The van der Waals surface area contributed by atoms with Gasteiger partial charge in [-0.1, -0.05) is 26.7 Å². The fourth-order valence-electron chi connectivity index (χ4n) is 1.55. The second-order valence-corrected chi connectivity index (χ2v) is 4.71. The maximum atomic E-state index is 9.70. The first-order valence-corrected chi connectivity index (χ1v) is 6.87. The molecule has 0 spiro atoms. The Morgan fingerprint density at radius 2 is 1.05 bits per heavy atom. The molecule has 0 aromatic heterocycles. The molecule has 0 radical (unpaired) electrons. The lowest BCUT2D eigenvalue weighted by Gasteiger charge is -2.26. The van der Waals surface area contributed by atoms with E-state index in [0.29, 0.717) is 12.8 Å². The lowest BCUT2D eigenvalue weighted by molar-refractivity contribution is -0.101. The molecule has 0 aromatic carbocycles. The Morgan fingerprint density at radius 1 is 0.750 bits per heavy atom. The van der Waals surface area contributed by atoms with Crippen molar-refractivity contribution in [2.75, 3.05) is 0 Å². The van der Waals surface area contributed by atoms with Gasteiger partial charge in [0.1, 0.15) is 35.9 Å². The summed E-state index contributed by atoms with van der Waals surface area (Å²) < 4.78 is 0. The van der Waals surface area contributed by atoms with Crippen molar-refractivity contribution in [1.82, 2.24) is 0 Å². The molecule has 0 aliphatic heterocycles. The number of aliphatic hydroxyl groups is 6. The molecule has 4 atom stereocenters. The van der Waals surface area contributed by atoms with Gasteiger partial charge in [-0.05, 0) is 25.0 Å². The SMILES string of the molecule is CCCC=C(O)[C@@H](O)[C@@H](O)[C@H](O)[C@@H](O)C(O)=CCCC. The van der Waals surface area contributed by atoms with E-state index in [1.54, 1.807) is 0 Å². The third-order valence-corrected chi connectivity index (χ3v) is 2.89. The zero-order valence-corrected chi connectivity index (χ0v) is 12.0. The van der Waals surface area contributed by atoms with Crippen LogP contribution in [0.1, 0.15) is 39.5 Å². The van der Waals surface area contributed by atoms with Crippen LogP contribution in [0.4, 0.5) is 0 Å². The first-order chi connectivity index (χ1) is 9.36. The first-order valence-electron chi connectivity index (χ1n) is 6.87. The van der Waals surface area contributed by atoms with Crippen LogP contribution in [-0.4, -0.2) is 55.1 Å². The Kier molecular flexibility index (Phi) is 9.24. The number of hydrogen-bond donors (Lipinski definition) is 6. The maximum Gasteiger partial charge on any atom is 0.139 e. The summed E-state index contributed by atoms with van der Waals surface area (Å²) in [5, 5.41) is 57.7. The van der Waals surface area contributed by atoms with Crippen molar-refractivity contribution in [2.24, 2.45) is 0 Å². The quantitative estimate of drug-likeness (QED) is 0.351. The molecule has 0 aliphatic rings. The lowest BCUT2D eigenvalue weighted by atomic mass is 9.99. The van der Waals surface area contributed by atoms with Crippen molar-refractivity contribution >= 4 is 0 Å². The molecule has 118 valence electrons. The van der Waals surface area contributed by atoms with Crippen LogP contribution in [0.25, 0.3) is 0 Å². The molecular weight excluding hydrogens is 264 g/mol. The molecule has 6 heteroatoms. The molecule has 0 saturated heterocycles. The molecule has 0 aliphatic carbocycles. The zero-order valence-electron chi connectivity index (χ0n) is 12.0. The molecule has 0 rings (SSSR count). The van der Waals surface area contributed by atoms with Crippen LogP contribution in [0.3, 0.4) is 0 Å². The van der Waals surface area contributed by atoms with Crippen LogP contribution < -0.4 is 0 Å². The summed E-state index contributed by atoms with van der Waals surface area (Å²) >= 11 is 0. The van der Waals surface area contributed by atoms with E-state index in [4.69, 9.17) is 0 Å². The Hall–Kier alpha value is -1.08. The third kappa shape index (κ3) is 5.92. The predicted molar refractivity (Wildman–Crippen MR) is 75.3 cm³/mol. The normalized spacial score (nSPS) is 19.5. The first kappa shape index (κ1) is 18.9. The summed E-state index contributed by atoms with van der Waals surface area (Å²) in [7, 11) is 0. The maximum absolute atomic E-state index is 9.70. The summed E-state index contributed by atoms with van der Waals surface area (Å²) in [4.78, 5) is 0. The Bertz CT molecular complexity index is 294. The highest BCUT2D eigenvalue weighted by Gasteiger charge is 2.34. The van der Waals surface area contributed by atoms with Crippen LogP contribution in [0.15, 0.2) is 23.7 Å². The molecule has 0 amide bonds. The van der Waals surface area contributed by atoms with Crippen LogP contribution in [0.2, 0.25) is 0 Å². The molecule has 0 bridgehead atoms. The Labute approximate surface area is 119 Å². The average molecular weight is 290 g/mol. The van der Waals surface area contributed by atoms with Crippen LogP contribution >= 0.6 is 0 Å². The van der Waals surface area contributed by atoms with Gasteiger partial charge in [0.2, 0.25) is 0 Å². The van der Waals surface area contributed by atoms with Crippen molar-refractivity contribution in [1.29, 1.82) is 0 Å². The van der Waals surface area contributed by atoms with Gasteiger partial charge in [0.05, 0.1) is 0 Å². The van der Waals surface area contributed by atoms with Crippen molar-refractivity contribution in [3.8, 4) is 0 Å². The molecule has 0 aromatic rings. The van der Waals surface area contributed by atoms with Crippen LogP contribution in [-0.2, 0) is 0 Å². The van der Waals surface area contributed by atoms with Gasteiger partial charge in [-0.3, -0.25) is 0 Å². The molecular formula is C14H26O6. The van der Waals surface area contributed by atoms with Gasteiger partial charge >= 0.3 is 0 Å². The molecule has 0 saturated carbocycles. The van der Waals surface area contributed by atoms with Gasteiger partial charge in [0.15, 0.2) is 0 Å². The van der Waals surface area contributed by atoms with E-state index in [9.17, 15) is 30.6 Å². The Morgan fingerprint density at radius 3 is 1.30 bits per heavy atom. The number of hydrogen-bond acceptors (Lipinski definition) is 6. The zero-order chi connectivity index (χ0) is 15.7. The summed E-state index contributed by atoms with van der Waals surface area (Å²) in [5.74, 6) is -0.940. The van der Waals surface area contributed by atoms with Gasteiger partial charge in [0.25, 0.3) is 0 Å². The minimum atomic E-state index is -1.81. The van der Waals surface area contributed by atoms with Crippen molar-refractivity contribution in [3.05, 3.63) is 23.7 Å². The minimum Gasteiger partial charge on any atom is -0.510 e. The van der Waals surface area contributed by atoms with E-state index in [1.807, 2.05) is 13.8 Å². The van der Waals surface area contributed by atoms with Gasteiger partial charge < -0.3 is 30.6 Å². The summed E-state index contributed by atoms with van der Waals surface area (Å²) in [5.41, 5.74) is 0. The van der Waals surface area contributed by atoms with E-state index >= 15 is 0 Å². The predicted octanol–water partition coefficient (Wildman–Crippen LogP) is 0.914.